The van der Waals surface area contributed by atoms with E-state index >= 15 is 0 Å². The monoisotopic (exact) mass is 242 g/mol. The Hall–Kier alpha value is -2.16. The number of phenols is 1. The lowest BCUT2D eigenvalue weighted by atomic mass is 10.0. The Morgan fingerprint density at radius 2 is 1.94 bits per heavy atom. The molecule has 4 N–H and O–H groups in total. The van der Waals surface area contributed by atoms with Gasteiger partial charge in [-0.25, -0.2) is 0 Å². The minimum Gasteiger partial charge on any atom is -0.508 e. The van der Waals surface area contributed by atoms with Crippen molar-refractivity contribution in [3.63, 3.8) is 0 Å². The molecule has 2 aromatic rings. The number of hydrogen-bond acceptors (Lipinski definition) is 3. The van der Waals surface area contributed by atoms with E-state index in [4.69, 9.17) is 5.73 Å². The summed E-state index contributed by atoms with van der Waals surface area (Å²) in [5.74, 6) is 0.261. The Kier molecular flexibility index (Phi) is 3.72. The van der Waals surface area contributed by atoms with Gasteiger partial charge in [-0.15, -0.1) is 0 Å². The van der Waals surface area contributed by atoms with E-state index in [9.17, 15) is 5.11 Å². The molecule has 2 rings (SSSR count). The summed E-state index contributed by atoms with van der Waals surface area (Å²) in [5.41, 5.74) is 9.65. The fraction of sp³-hybridized carbons (Fsp3) is 0.200. The predicted octanol–water partition coefficient (Wildman–Crippen LogP) is 3.46. The summed E-state index contributed by atoms with van der Waals surface area (Å²) in [5, 5.41) is 12.9. The van der Waals surface area contributed by atoms with Crippen LogP contribution in [0, 0.1) is 0 Å². The smallest absolute Gasteiger partial charge is 0.116 e. The molecule has 18 heavy (non-hydrogen) atoms. The van der Waals surface area contributed by atoms with Crippen LogP contribution in [-0.2, 0) is 0 Å². The van der Waals surface area contributed by atoms with Crippen molar-refractivity contribution in [1.29, 1.82) is 0 Å². The Labute approximate surface area is 107 Å². The fourth-order valence-electron chi connectivity index (χ4n) is 1.93. The molecule has 0 aliphatic carbocycles. The molecule has 0 saturated heterocycles. The summed E-state index contributed by atoms with van der Waals surface area (Å²) < 4.78 is 0. The summed E-state index contributed by atoms with van der Waals surface area (Å²) in [6, 6.07) is 13.0. The van der Waals surface area contributed by atoms with Crippen LogP contribution in [0.3, 0.4) is 0 Å². The second-order valence-corrected chi connectivity index (χ2v) is 4.25. The van der Waals surface area contributed by atoms with E-state index < -0.39 is 0 Å². The topological polar surface area (TPSA) is 58.3 Å². The zero-order chi connectivity index (χ0) is 13.0. The maximum Gasteiger partial charge on any atom is 0.116 e. The molecule has 0 spiro atoms. The number of aromatic hydroxyl groups is 1. The van der Waals surface area contributed by atoms with Gasteiger partial charge in [0.15, 0.2) is 0 Å². The highest BCUT2D eigenvalue weighted by molar-refractivity contribution is 5.86. The number of phenolic OH excluding ortho intramolecular Hbond substituents is 1. The molecule has 0 heterocycles. The number of nitrogens with one attached hydrogen (secondary N) is 1. The van der Waals surface area contributed by atoms with Crippen molar-refractivity contribution in [2.75, 3.05) is 17.6 Å². The van der Waals surface area contributed by atoms with Crippen LogP contribution >= 0.6 is 0 Å². The molecule has 0 saturated carbocycles. The molecular weight excluding hydrogens is 224 g/mol. The van der Waals surface area contributed by atoms with Gasteiger partial charge in [-0.2, -0.15) is 0 Å². The third-order valence-electron chi connectivity index (χ3n) is 2.81. The van der Waals surface area contributed by atoms with Crippen molar-refractivity contribution in [3.05, 3.63) is 42.5 Å². The minimum atomic E-state index is 0.261. The van der Waals surface area contributed by atoms with E-state index in [2.05, 4.69) is 12.2 Å². The number of hydrogen-bond donors (Lipinski definition) is 3. The van der Waals surface area contributed by atoms with Gasteiger partial charge in [0.05, 0.1) is 11.4 Å². The highest BCUT2D eigenvalue weighted by Crippen LogP contribution is 2.33. The quantitative estimate of drug-likeness (QED) is 0.719. The van der Waals surface area contributed by atoms with Crippen molar-refractivity contribution < 1.29 is 5.11 Å². The van der Waals surface area contributed by atoms with Gasteiger partial charge in [0.25, 0.3) is 0 Å². The van der Waals surface area contributed by atoms with E-state index in [1.807, 2.05) is 30.3 Å². The van der Waals surface area contributed by atoms with Crippen LogP contribution in [0.2, 0.25) is 0 Å². The summed E-state index contributed by atoms with van der Waals surface area (Å²) in [6.45, 7) is 2.99. The maximum absolute atomic E-state index is 9.56. The lowest BCUT2D eigenvalue weighted by Crippen LogP contribution is -2.04. The summed E-state index contributed by atoms with van der Waals surface area (Å²) in [7, 11) is 0. The molecule has 0 aromatic heterocycles. The van der Waals surface area contributed by atoms with Crippen molar-refractivity contribution in [3.8, 4) is 16.9 Å². The molecule has 3 heteroatoms. The third-order valence-corrected chi connectivity index (χ3v) is 2.81. The minimum absolute atomic E-state index is 0.261. The first-order chi connectivity index (χ1) is 8.72. The largest absolute Gasteiger partial charge is 0.508 e. The lowest BCUT2D eigenvalue weighted by Gasteiger charge is -2.14. The van der Waals surface area contributed by atoms with Crippen molar-refractivity contribution in [2.24, 2.45) is 0 Å². The molecule has 0 amide bonds. The van der Waals surface area contributed by atoms with Gasteiger partial charge in [0.1, 0.15) is 5.75 Å². The predicted molar refractivity (Wildman–Crippen MR) is 76.7 cm³/mol. The Balaban J connectivity index is 2.46. The van der Waals surface area contributed by atoms with Gasteiger partial charge in [0.2, 0.25) is 0 Å². The van der Waals surface area contributed by atoms with Gasteiger partial charge in [0, 0.05) is 12.1 Å². The molecule has 0 bridgehead atoms. The fourth-order valence-corrected chi connectivity index (χ4v) is 1.93. The lowest BCUT2D eigenvalue weighted by molar-refractivity contribution is 0.475. The molecule has 0 atom stereocenters. The van der Waals surface area contributed by atoms with E-state index in [1.54, 1.807) is 12.1 Å². The number of rotatable bonds is 4. The van der Waals surface area contributed by atoms with Gasteiger partial charge < -0.3 is 16.2 Å². The number of nitrogen functional groups attached to an aromatic ring is 1. The summed E-state index contributed by atoms with van der Waals surface area (Å²) >= 11 is 0. The SMILES string of the molecule is CCCNc1c(N)cccc1-c1cccc(O)c1. The van der Waals surface area contributed by atoms with Crippen molar-refractivity contribution in [1.82, 2.24) is 0 Å². The standard InChI is InChI=1S/C15H18N2O/c1-2-9-17-15-13(7-4-8-14(15)16)11-5-3-6-12(18)10-11/h3-8,10,17-18H,2,9,16H2,1H3. The highest BCUT2D eigenvalue weighted by Gasteiger charge is 2.08. The molecule has 0 aliphatic heterocycles. The van der Waals surface area contributed by atoms with Crippen molar-refractivity contribution >= 4 is 11.4 Å². The van der Waals surface area contributed by atoms with Crippen LogP contribution in [0.1, 0.15) is 13.3 Å². The van der Waals surface area contributed by atoms with E-state index in [1.165, 1.54) is 0 Å². The first-order valence-corrected chi connectivity index (χ1v) is 6.14. The van der Waals surface area contributed by atoms with Gasteiger partial charge in [-0.1, -0.05) is 31.2 Å². The average Bonchev–Trinajstić information content (AvgIpc) is 2.37. The molecule has 94 valence electrons. The van der Waals surface area contributed by atoms with Crippen LogP contribution in [-0.4, -0.2) is 11.7 Å². The Morgan fingerprint density at radius 3 is 2.67 bits per heavy atom. The van der Waals surface area contributed by atoms with Crippen LogP contribution in [0.4, 0.5) is 11.4 Å². The molecule has 0 radical (unpaired) electrons. The molecule has 0 unspecified atom stereocenters. The zero-order valence-corrected chi connectivity index (χ0v) is 10.5. The number of anilines is 2. The van der Waals surface area contributed by atoms with Crippen LogP contribution in [0.5, 0.6) is 5.75 Å². The van der Waals surface area contributed by atoms with Gasteiger partial charge in [-0.05, 0) is 30.2 Å². The summed E-state index contributed by atoms with van der Waals surface area (Å²) in [6.07, 6.45) is 1.04. The van der Waals surface area contributed by atoms with Crippen LogP contribution < -0.4 is 11.1 Å². The molecule has 3 nitrogen and oxygen atoms in total. The summed E-state index contributed by atoms with van der Waals surface area (Å²) in [4.78, 5) is 0. The number of para-hydroxylation sites is 1. The van der Waals surface area contributed by atoms with E-state index in [0.29, 0.717) is 0 Å². The van der Waals surface area contributed by atoms with Crippen LogP contribution in [0.15, 0.2) is 42.5 Å². The maximum atomic E-state index is 9.56. The molecule has 0 aliphatic rings. The van der Waals surface area contributed by atoms with E-state index in [0.717, 1.165) is 35.5 Å². The van der Waals surface area contributed by atoms with Gasteiger partial charge in [-0.3, -0.25) is 0 Å². The normalized spacial score (nSPS) is 10.3. The second kappa shape index (κ2) is 5.45. The Morgan fingerprint density at radius 1 is 1.17 bits per heavy atom. The zero-order valence-electron chi connectivity index (χ0n) is 10.5. The second-order valence-electron chi connectivity index (χ2n) is 4.25. The van der Waals surface area contributed by atoms with Crippen molar-refractivity contribution in [2.45, 2.75) is 13.3 Å². The van der Waals surface area contributed by atoms with Crippen LogP contribution in [0.25, 0.3) is 11.1 Å². The Bertz CT molecular complexity index is 538. The first-order valence-electron chi connectivity index (χ1n) is 6.14. The third kappa shape index (κ3) is 2.56. The number of nitrogens with two attached hydrogens (primary N) is 1. The average molecular weight is 242 g/mol. The molecular formula is C15H18N2O. The first kappa shape index (κ1) is 12.3. The molecule has 0 fully saturated rings. The molecule has 2 aromatic carbocycles. The number of benzene rings is 2. The highest BCUT2D eigenvalue weighted by atomic mass is 16.3. The van der Waals surface area contributed by atoms with E-state index in [-0.39, 0.29) is 5.75 Å². The van der Waals surface area contributed by atoms with Gasteiger partial charge >= 0.3 is 0 Å².